The van der Waals surface area contributed by atoms with E-state index in [0.717, 1.165) is 16.3 Å². The Kier molecular flexibility index (Phi) is 5.62. The molecule has 0 aliphatic rings. The first kappa shape index (κ1) is 14.6. The number of amides is 1. The summed E-state index contributed by atoms with van der Waals surface area (Å²) in [7, 11) is 0. The van der Waals surface area contributed by atoms with Crippen LogP contribution >= 0.6 is 11.8 Å². The lowest BCUT2D eigenvalue weighted by Gasteiger charge is -2.14. The molecular weight excluding hydrogens is 268 g/mol. The highest BCUT2D eigenvalue weighted by molar-refractivity contribution is 7.99. The summed E-state index contributed by atoms with van der Waals surface area (Å²) in [5, 5.41) is 3.96. The molecule has 0 saturated heterocycles. The molecule has 1 aromatic heterocycles. The molecule has 4 heteroatoms. The molecule has 0 spiro atoms. The number of nitrogens with zero attached hydrogens (tertiary/aromatic N) is 1. The van der Waals surface area contributed by atoms with Crippen molar-refractivity contribution in [3.8, 4) is 0 Å². The van der Waals surface area contributed by atoms with Crippen molar-refractivity contribution in [2.75, 3.05) is 5.75 Å². The molecule has 0 bridgehead atoms. The van der Waals surface area contributed by atoms with Crippen LogP contribution in [0.15, 0.2) is 59.8 Å². The molecule has 0 saturated carbocycles. The smallest absolute Gasteiger partial charge is 0.221 e. The van der Waals surface area contributed by atoms with Gasteiger partial charge in [-0.2, -0.15) is 0 Å². The summed E-state index contributed by atoms with van der Waals surface area (Å²) >= 11 is 1.60. The fourth-order valence-corrected chi connectivity index (χ4v) is 2.63. The minimum atomic E-state index is 0.0450. The molecule has 0 fully saturated rings. The molecule has 3 nitrogen and oxygen atoms in total. The predicted octanol–water partition coefficient (Wildman–Crippen LogP) is 3.44. The summed E-state index contributed by atoms with van der Waals surface area (Å²) in [6.45, 7) is 2.00. The molecule has 20 heavy (non-hydrogen) atoms. The third-order valence-electron chi connectivity index (χ3n) is 2.89. The summed E-state index contributed by atoms with van der Waals surface area (Å²) in [6.07, 6.45) is 2.26. The molecule has 1 aromatic carbocycles. The molecule has 0 aliphatic carbocycles. The fourth-order valence-electron chi connectivity index (χ4n) is 1.82. The number of benzene rings is 1. The quantitative estimate of drug-likeness (QED) is 0.827. The Morgan fingerprint density at radius 3 is 2.65 bits per heavy atom. The normalized spacial score (nSPS) is 11.8. The zero-order chi connectivity index (χ0) is 14.2. The lowest BCUT2D eigenvalue weighted by molar-refractivity contribution is -0.121. The summed E-state index contributed by atoms with van der Waals surface area (Å²) in [5.74, 6) is 0.814. The van der Waals surface area contributed by atoms with Gasteiger partial charge in [0.1, 0.15) is 0 Å². The molecule has 104 valence electrons. The average Bonchev–Trinajstić information content (AvgIpc) is 2.49. The number of thioether (sulfide) groups is 1. The monoisotopic (exact) mass is 286 g/mol. The highest BCUT2D eigenvalue weighted by Gasteiger charge is 2.09. The van der Waals surface area contributed by atoms with Crippen LogP contribution < -0.4 is 5.32 Å². The summed E-state index contributed by atoms with van der Waals surface area (Å²) in [4.78, 5) is 16.1. The van der Waals surface area contributed by atoms with Gasteiger partial charge in [0.2, 0.25) is 5.91 Å². The van der Waals surface area contributed by atoms with Gasteiger partial charge in [-0.25, -0.2) is 4.98 Å². The van der Waals surface area contributed by atoms with Crippen molar-refractivity contribution in [3.63, 3.8) is 0 Å². The molecule has 1 amide bonds. The van der Waals surface area contributed by atoms with Crippen molar-refractivity contribution < 1.29 is 4.79 Å². The molecule has 0 aliphatic heterocycles. The van der Waals surface area contributed by atoms with Gasteiger partial charge >= 0.3 is 0 Å². The third kappa shape index (κ3) is 4.70. The van der Waals surface area contributed by atoms with Crippen molar-refractivity contribution in [2.24, 2.45) is 0 Å². The second-order valence-electron chi connectivity index (χ2n) is 4.47. The lowest BCUT2D eigenvalue weighted by Crippen LogP contribution is -2.26. The van der Waals surface area contributed by atoms with Crippen molar-refractivity contribution in [3.05, 3.63) is 60.3 Å². The number of rotatable bonds is 6. The first-order valence-corrected chi connectivity index (χ1v) is 7.62. The predicted molar refractivity (Wildman–Crippen MR) is 82.6 cm³/mol. The van der Waals surface area contributed by atoms with E-state index in [2.05, 4.69) is 10.3 Å². The molecule has 0 unspecified atom stereocenters. The molecule has 1 N–H and O–H groups in total. The van der Waals surface area contributed by atoms with Gasteiger partial charge in [0, 0.05) is 18.4 Å². The maximum atomic E-state index is 11.9. The number of aromatic nitrogens is 1. The topological polar surface area (TPSA) is 42.0 Å². The maximum Gasteiger partial charge on any atom is 0.221 e. The van der Waals surface area contributed by atoms with Crippen LogP contribution in [0.3, 0.4) is 0 Å². The Labute approximate surface area is 123 Å². The number of hydrogen-bond donors (Lipinski definition) is 1. The van der Waals surface area contributed by atoms with E-state index < -0.39 is 0 Å². The number of carbonyl (C=O) groups excluding carboxylic acids is 1. The van der Waals surface area contributed by atoms with Crippen LogP contribution in [-0.4, -0.2) is 16.6 Å². The summed E-state index contributed by atoms with van der Waals surface area (Å²) in [5.41, 5.74) is 1.12. The Morgan fingerprint density at radius 2 is 1.95 bits per heavy atom. The highest BCUT2D eigenvalue weighted by atomic mass is 32.2. The highest BCUT2D eigenvalue weighted by Crippen LogP contribution is 2.16. The largest absolute Gasteiger partial charge is 0.350 e. The maximum absolute atomic E-state index is 11.9. The zero-order valence-electron chi connectivity index (χ0n) is 11.5. The molecular formula is C16H18N2OS. The van der Waals surface area contributed by atoms with Crippen LogP contribution in [0.1, 0.15) is 24.9 Å². The van der Waals surface area contributed by atoms with Crippen molar-refractivity contribution >= 4 is 17.7 Å². The number of pyridine rings is 1. The van der Waals surface area contributed by atoms with Gasteiger partial charge in [-0.05, 0) is 24.6 Å². The Bertz CT molecular complexity index is 531. The van der Waals surface area contributed by atoms with Crippen LogP contribution in [0.5, 0.6) is 0 Å². The number of carbonyl (C=O) groups is 1. The summed E-state index contributed by atoms with van der Waals surface area (Å²) < 4.78 is 0. The minimum absolute atomic E-state index is 0.0450. The van der Waals surface area contributed by atoms with Crippen molar-refractivity contribution in [1.82, 2.24) is 10.3 Å². The van der Waals surface area contributed by atoms with Gasteiger partial charge in [0.05, 0.1) is 11.1 Å². The first-order chi connectivity index (χ1) is 9.75. The molecule has 1 heterocycles. The van der Waals surface area contributed by atoms with Crippen LogP contribution in [0.2, 0.25) is 0 Å². The average molecular weight is 286 g/mol. The standard InChI is InChI=1S/C16H18N2OS/c1-13(14-7-3-2-4-8-14)18-15(19)10-12-20-16-9-5-6-11-17-16/h2-9,11,13H,10,12H2,1H3,(H,18,19)/t13-/m1/s1. The van der Waals surface area contributed by atoms with E-state index in [1.807, 2.05) is 55.5 Å². The molecule has 2 rings (SSSR count). The van der Waals surface area contributed by atoms with E-state index in [1.54, 1.807) is 18.0 Å². The lowest BCUT2D eigenvalue weighted by atomic mass is 10.1. The Hall–Kier alpha value is -1.81. The Balaban J connectivity index is 1.73. The van der Waals surface area contributed by atoms with E-state index in [9.17, 15) is 4.79 Å². The first-order valence-electron chi connectivity index (χ1n) is 6.64. The van der Waals surface area contributed by atoms with Crippen molar-refractivity contribution in [1.29, 1.82) is 0 Å². The zero-order valence-corrected chi connectivity index (χ0v) is 12.3. The van der Waals surface area contributed by atoms with Gasteiger partial charge in [-0.3, -0.25) is 4.79 Å². The van der Waals surface area contributed by atoms with Crippen molar-refractivity contribution in [2.45, 2.75) is 24.4 Å². The van der Waals surface area contributed by atoms with Gasteiger partial charge in [0.15, 0.2) is 0 Å². The van der Waals surface area contributed by atoms with Gasteiger partial charge in [-0.1, -0.05) is 36.4 Å². The van der Waals surface area contributed by atoms with E-state index in [-0.39, 0.29) is 11.9 Å². The van der Waals surface area contributed by atoms with E-state index in [4.69, 9.17) is 0 Å². The minimum Gasteiger partial charge on any atom is -0.350 e. The van der Waals surface area contributed by atoms with Crippen LogP contribution in [-0.2, 0) is 4.79 Å². The second kappa shape index (κ2) is 7.70. The molecule has 0 radical (unpaired) electrons. The van der Waals surface area contributed by atoms with E-state index in [0.29, 0.717) is 6.42 Å². The van der Waals surface area contributed by atoms with Crippen LogP contribution in [0.25, 0.3) is 0 Å². The molecule has 1 atom stereocenters. The second-order valence-corrected chi connectivity index (χ2v) is 5.58. The van der Waals surface area contributed by atoms with Crippen LogP contribution in [0.4, 0.5) is 0 Å². The van der Waals surface area contributed by atoms with Gasteiger partial charge < -0.3 is 5.32 Å². The number of nitrogens with one attached hydrogen (secondary N) is 1. The molecule has 2 aromatic rings. The summed E-state index contributed by atoms with van der Waals surface area (Å²) in [6, 6.07) is 15.8. The van der Waals surface area contributed by atoms with Crippen LogP contribution in [0, 0.1) is 0 Å². The van der Waals surface area contributed by atoms with Gasteiger partial charge in [0.25, 0.3) is 0 Å². The van der Waals surface area contributed by atoms with Gasteiger partial charge in [-0.15, -0.1) is 11.8 Å². The van der Waals surface area contributed by atoms with E-state index >= 15 is 0 Å². The van der Waals surface area contributed by atoms with E-state index in [1.165, 1.54) is 0 Å². The fraction of sp³-hybridized carbons (Fsp3) is 0.250. The third-order valence-corrected chi connectivity index (χ3v) is 3.84. The number of hydrogen-bond acceptors (Lipinski definition) is 3. The SMILES string of the molecule is C[C@@H](NC(=O)CCSc1ccccn1)c1ccccc1. The Morgan fingerprint density at radius 1 is 1.20 bits per heavy atom.